The fourth-order valence-electron chi connectivity index (χ4n) is 6.88. The number of allylic oxidation sites excluding steroid dienone is 1. The number of phenols is 1. The Bertz CT molecular complexity index is 1630. The molecule has 2 amide bonds. The van der Waals surface area contributed by atoms with Gasteiger partial charge in [-0.2, -0.15) is 0 Å². The number of aromatic hydroxyl groups is 1. The highest BCUT2D eigenvalue weighted by atomic mass is 16.3. The fraction of sp³-hybridized carbons (Fsp3) is 0.333. The summed E-state index contributed by atoms with van der Waals surface area (Å²) < 4.78 is 0. The molecule has 10 heteroatoms. The number of para-hydroxylation sites is 1. The molecule has 0 aliphatic carbocycles. The normalized spacial score (nSPS) is 20.0. The van der Waals surface area contributed by atoms with Crippen LogP contribution in [0.4, 0.5) is 11.4 Å². The molecule has 3 heterocycles. The van der Waals surface area contributed by atoms with Crippen LogP contribution in [0.3, 0.4) is 0 Å². The molecule has 46 heavy (non-hydrogen) atoms. The van der Waals surface area contributed by atoms with Crippen LogP contribution < -0.4 is 26.3 Å². The number of phenolic OH excluding ortho intramolecular Hbond substituents is 1. The van der Waals surface area contributed by atoms with Crippen LogP contribution in [0.1, 0.15) is 48.3 Å². The molecule has 0 radical (unpaired) electrons. The number of imide groups is 1. The second-order valence-corrected chi connectivity index (χ2v) is 12.3. The first-order valence-corrected chi connectivity index (χ1v) is 16.0. The van der Waals surface area contributed by atoms with Crippen molar-refractivity contribution in [2.75, 3.05) is 49.1 Å². The Labute approximate surface area is 269 Å². The summed E-state index contributed by atoms with van der Waals surface area (Å²) in [7, 11) is 0. The lowest BCUT2D eigenvalue weighted by atomic mass is 9.90. The minimum Gasteiger partial charge on any atom is -0.507 e. The molecule has 3 aromatic rings. The first-order valence-electron chi connectivity index (χ1n) is 16.0. The predicted molar refractivity (Wildman–Crippen MR) is 181 cm³/mol. The first-order chi connectivity index (χ1) is 22.3. The average molecular weight is 621 g/mol. The highest BCUT2D eigenvalue weighted by molar-refractivity contribution is 6.26. The van der Waals surface area contributed by atoms with Gasteiger partial charge in [-0.1, -0.05) is 36.4 Å². The molecule has 0 bridgehead atoms. The zero-order valence-electron chi connectivity index (χ0n) is 26.0. The summed E-state index contributed by atoms with van der Waals surface area (Å²) in [5, 5.41) is 27.0. The largest absolute Gasteiger partial charge is 0.507 e. The minimum atomic E-state index is -0.247. The van der Waals surface area contributed by atoms with E-state index >= 15 is 0 Å². The summed E-state index contributed by atoms with van der Waals surface area (Å²) in [5.41, 5.74) is 11.4. The maximum Gasteiger partial charge on any atom is 0.234 e. The maximum absolute atomic E-state index is 12.2. The molecule has 3 fully saturated rings. The lowest BCUT2D eigenvalue weighted by Crippen LogP contribution is -2.53. The van der Waals surface area contributed by atoms with E-state index < -0.39 is 0 Å². The number of rotatable bonds is 8. The Hall–Kier alpha value is -4.96. The third-order valence-corrected chi connectivity index (χ3v) is 9.54. The molecule has 0 spiro atoms. The van der Waals surface area contributed by atoms with Crippen LogP contribution in [0.15, 0.2) is 78.9 Å². The zero-order valence-corrected chi connectivity index (χ0v) is 26.0. The second-order valence-electron chi connectivity index (χ2n) is 12.3. The number of piperazine rings is 1. The smallest absolute Gasteiger partial charge is 0.234 e. The van der Waals surface area contributed by atoms with Crippen molar-refractivity contribution < 1.29 is 20.1 Å². The van der Waals surface area contributed by atoms with Crippen LogP contribution in [0.5, 0.6) is 5.75 Å². The second kappa shape index (κ2) is 13.6. The number of amides is 2. The predicted octanol–water partition coefficient (Wildman–Crippen LogP) is 2.27. The molecular formula is C36H42N7O3+. The van der Waals surface area contributed by atoms with Gasteiger partial charge in [0, 0.05) is 74.8 Å². The van der Waals surface area contributed by atoms with E-state index in [0.29, 0.717) is 35.7 Å². The van der Waals surface area contributed by atoms with E-state index in [4.69, 9.17) is 16.6 Å². The number of nitrogens with two attached hydrogens (primary N) is 2. The van der Waals surface area contributed by atoms with E-state index in [1.807, 2.05) is 24.3 Å². The lowest BCUT2D eigenvalue weighted by molar-refractivity contribution is -0.134. The number of carbonyl (C=O) groups excluding carboxylic acids is 2. The Morgan fingerprint density at radius 2 is 1.46 bits per heavy atom. The van der Waals surface area contributed by atoms with Gasteiger partial charge in [0.2, 0.25) is 17.5 Å². The van der Waals surface area contributed by atoms with Gasteiger partial charge in [0.15, 0.2) is 0 Å². The number of hydrogen-bond donors (Lipinski definition) is 5. The van der Waals surface area contributed by atoms with Gasteiger partial charge in [-0.3, -0.25) is 30.6 Å². The van der Waals surface area contributed by atoms with Gasteiger partial charge >= 0.3 is 0 Å². The zero-order chi connectivity index (χ0) is 32.2. The number of nitrogens with one attached hydrogen (secondary N) is 2. The van der Waals surface area contributed by atoms with E-state index in [1.165, 1.54) is 5.69 Å². The van der Waals surface area contributed by atoms with Gasteiger partial charge in [0.05, 0.1) is 11.5 Å². The number of piperidine rings is 2. The molecule has 238 valence electrons. The highest BCUT2D eigenvalue weighted by Gasteiger charge is 2.30. The summed E-state index contributed by atoms with van der Waals surface area (Å²) in [6.07, 6.45) is 4.84. The van der Waals surface area contributed by atoms with Crippen molar-refractivity contribution in [3.05, 3.63) is 95.6 Å². The third-order valence-electron chi connectivity index (χ3n) is 9.54. The van der Waals surface area contributed by atoms with E-state index in [2.05, 4.69) is 44.3 Å². The molecule has 1 unspecified atom stereocenters. The Morgan fingerprint density at radius 1 is 0.848 bits per heavy atom. The Morgan fingerprint density at radius 3 is 2.07 bits per heavy atom. The van der Waals surface area contributed by atoms with Gasteiger partial charge in [-0.25, -0.2) is 0 Å². The van der Waals surface area contributed by atoms with Gasteiger partial charge in [-0.05, 0) is 66.8 Å². The van der Waals surface area contributed by atoms with Crippen molar-refractivity contribution in [2.24, 2.45) is 5.73 Å². The van der Waals surface area contributed by atoms with Gasteiger partial charge in [0.1, 0.15) is 11.6 Å². The molecular weight excluding hydrogens is 578 g/mol. The van der Waals surface area contributed by atoms with Crippen molar-refractivity contribution in [3.63, 3.8) is 0 Å². The summed E-state index contributed by atoms with van der Waals surface area (Å²) in [6, 6.07) is 23.8. The number of nitrogens with zero attached hydrogens (tertiary/aromatic N) is 3. The summed E-state index contributed by atoms with van der Waals surface area (Å²) >= 11 is 0. The molecule has 0 saturated carbocycles. The Kier molecular flexibility index (Phi) is 9.16. The van der Waals surface area contributed by atoms with Crippen LogP contribution >= 0.6 is 0 Å². The van der Waals surface area contributed by atoms with Crippen molar-refractivity contribution in [1.29, 1.82) is 5.41 Å². The topological polar surface area (TPSA) is 152 Å². The molecule has 1 atom stereocenters. The van der Waals surface area contributed by atoms with Crippen LogP contribution in [0.2, 0.25) is 0 Å². The Balaban J connectivity index is 1.00. The standard InChI is InChI=1S/C36H41N7O3/c37-32(30-3-1-2-4-33(30)44)23-31(35(38)39)25-7-11-27(12-8-25)42-19-21-43(22-20-42)28-15-17-41(18-16-28)26-9-5-24(6-10-26)29-13-14-34(45)40-36(29)46/h1-12,23,28-29,37,44H,13-22H2,(H3,38,39)(H,40,45,46)/p+1/b31-23-,37-32?. The summed E-state index contributed by atoms with van der Waals surface area (Å²) in [5.74, 6) is -0.629. The van der Waals surface area contributed by atoms with Gasteiger partial charge < -0.3 is 20.6 Å². The monoisotopic (exact) mass is 620 g/mol. The van der Waals surface area contributed by atoms with Crippen molar-refractivity contribution in [3.8, 4) is 5.75 Å². The number of benzene rings is 3. The molecule has 3 aliphatic rings. The molecule has 7 N–H and O–H groups in total. The van der Waals surface area contributed by atoms with E-state index in [0.717, 1.165) is 68.9 Å². The number of anilines is 2. The number of carbonyl (C=O) groups is 2. The first kappa shape index (κ1) is 31.0. The van der Waals surface area contributed by atoms with E-state index in [-0.39, 0.29) is 29.3 Å². The van der Waals surface area contributed by atoms with Crippen LogP contribution in [-0.4, -0.2) is 78.7 Å². The minimum absolute atomic E-state index is 0.0810. The quantitative estimate of drug-likeness (QED) is 0.147. The molecule has 3 saturated heterocycles. The molecule has 10 nitrogen and oxygen atoms in total. The van der Waals surface area contributed by atoms with E-state index in [1.54, 1.807) is 30.3 Å². The van der Waals surface area contributed by atoms with E-state index in [9.17, 15) is 14.7 Å². The molecule has 0 aromatic heterocycles. The summed E-state index contributed by atoms with van der Waals surface area (Å²) in [4.78, 5) is 31.2. The van der Waals surface area contributed by atoms with Crippen molar-refractivity contribution >= 4 is 40.3 Å². The number of hydrogen-bond acceptors (Lipinski definition) is 7. The highest BCUT2D eigenvalue weighted by Crippen LogP contribution is 2.29. The van der Waals surface area contributed by atoms with Crippen molar-refractivity contribution in [1.82, 2.24) is 10.2 Å². The van der Waals surface area contributed by atoms with Crippen LogP contribution in [-0.2, 0) is 9.59 Å². The molecule has 3 aromatic carbocycles. The average Bonchev–Trinajstić information content (AvgIpc) is 3.08. The third kappa shape index (κ3) is 6.82. The van der Waals surface area contributed by atoms with Crippen LogP contribution in [0, 0.1) is 5.41 Å². The SMILES string of the molecule is N=C(N)/C(=C\C(=[NH2+])c1ccccc1O)c1ccc(N2CCN(C3CCN(c4ccc(C5CCC(=O)NC5=O)cc4)CC3)CC2)cc1. The molecule has 3 aliphatic heterocycles. The fourth-order valence-corrected chi connectivity index (χ4v) is 6.88. The lowest BCUT2D eigenvalue weighted by Gasteiger charge is -2.44. The van der Waals surface area contributed by atoms with Gasteiger partial charge in [-0.15, -0.1) is 0 Å². The van der Waals surface area contributed by atoms with Crippen molar-refractivity contribution in [2.45, 2.75) is 37.6 Å². The van der Waals surface area contributed by atoms with Crippen LogP contribution in [0.25, 0.3) is 5.57 Å². The molecule has 6 rings (SSSR count). The maximum atomic E-state index is 12.2. The summed E-state index contributed by atoms with van der Waals surface area (Å²) in [6.45, 7) is 5.93. The number of amidine groups is 1. The van der Waals surface area contributed by atoms with Gasteiger partial charge in [0.25, 0.3) is 0 Å².